The first-order valence-corrected chi connectivity index (χ1v) is 5.13. The first kappa shape index (κ1) is 12.1. The van der Waals surface area contributed by atoms with Crippen LogP contribution in [0.2, 0.25) is 0 Å². The van der Waals surface area contributed by atoms with E-state index in [0.29, 0.717) is 18.0 Å². The van der Waals surface area contributed by atoms with Gasteiger partial charge in [0.25, 0.3) is 0 Å². The molecule has 0 aliphatic heterocycles. The number of carbonyl (C=O) groups is 1. The van der Waals surface area contributed by atoms with E-state index in [9.17, 15) is 4.79 Å². The molecule has 1 aromatic carbocycles. The summed E-state index contributed by atoms with van der Waals surface area (Å²) >= 11 is 0. The molecule has 0 spiro atoms. The van der Waals surface area contributed by atoms with Gasteiger partial charge in [-0.15, -0.1) is 0 Å². The molecule has 0 aliphatic rings. The zero-order chi connectivity index (χ0) is 12.0. The molecule has 4 heteroatoms. The second-order valence-electron chi connectivity index (χ2n) is 3.38. The van der Waals surface area contributed by atoms with Crippen LogP contribution in [-0.2, 0) is 4.79 Å². The Bertz CT molecular complexity index is 400. The lowest BCUT2D eigenvalue weighted by Gasteiger charge is -2.07. The quantitative estimate of drug-likeness (QED) is 0.583. The fraction of sp³-hybridized carbons (Fsp3) is 0.250. The van der Waals surface area contributed by atoms with Crippen LogP contribution in [0.3, 0.4) is 0 Å². The number of rotatable bonds is 5. The van der Waals surface area contributed by atoms with Crippen LogP contribution < -0.4 is 16.2 Å². The van der Waals surface area contributed by atoms with Crippen molar-refractivity contribution in [3.8, 4) is 5.75 Å². The molecule has 1 amide bonds. The molecule has 0 saturated heterocycles. The molecule has 4 N–H and O–H groups in total. The van der Waals surface area contributed by atoms with Gasteiger partial charge in [0, 0.05) is 6.08 Å². The Kier molecular flexibility index (Phi) is 4.39. The first-order valence-electron chi connectivity index (χ1n) is 5.13. The summed E-state index contributed by atoms with van der Waals surface area (Å²) in [5, 5.41) is 0. The number of nitrogens with two attached hydrogens (primary N) is 2. The van der Waals surface area contributed by atoms with Crippen molar-refractivity contribution in [3.63, 3.8) is 0 Å². The zero-order valence-electron chi connectivity index (χ0n) is 9.27. The molecule has 1 rings (SSSR count). The molecule has 0 atom stereocenters. The van der Waals surface area contributed by atoms with Crippen LogP contribution in [0.5, 0.6) is 5.75 Å². The minimum Gasteiger partial charge on any atom is -0.491 e. The molecule has 0 unspecified atom stereocenters. The van der Waals surface area contributed by atoms with E-state index in [1.54, 1.807) is 18.2 Å². The Morgan fingerprint density at radius 2 is 2.25 bits per heavy atom. The number of ether oxygens (including phenoxy) is 1. The van der Waals surface area contributed by atoms with Gasteiger partial charge in [-0.05, 0) is 30.2 Å². The number of benzene rings is 1. The van der Waals surface area contributed by atoms with Gasteiger partial charge in [0.1, 0.15) is 5.75 Å². The second kappa shape index (κ2) is 5.80. The number of anilines is 1. The van der Waals surface area contributed by atoms with E-state index in [0.717, 1.165) is 12.0 Å². The van der Waals surface area contributed by atoms with Crippen molar-refractivity contribution in [2.45, 2.75) is 13.3 Å². The van der Waals surface area contributed by atoms with Gasteiger partial charge in [0.15, 0.2) is 0 Å². The van der Waals surface area contributed by atoms with Gasteiger partial charge in [-0.3, -0.25) is 4.79 Å². The van der Waals surface area contributed by atoms with Crippen LogP contribution in [0, 0.1) is 0 Å². The third-order valence-electron chi connectivity index (χ3n) is 1.94. The van der Waals surface area contributed by atoms with Gasteiger partial charge < -0.3 is 16.2 Å². The second-order valence-corrected chi connectivity index (χ2v) is 3.38. The lowest BCUT2D eigenvalue weighted by molar-refractivity contribution is -0.113. The van der Waals surface area contributed by atoms with Crippen LogP contribution in [0.25, 0.3) is 6.08 Å². The summed E-state index contributed by atoms with van der Waals surface area (Å²) in [6.45, 7) is 2.67. The maximum absolute atomic E-state index is 10.5. The summed E-state index contributed by atoms with van der Waals surface area (Å²) in [4.78, 5) is 10.5. The molecule has 0 radical (unpaired) electrons. The third kappa shape index (κ3) is 3.65. The minimum atomic E-state index is -0.482. The highest BCUT2D eigenvalue weighted by molar-refractivity contribution is 5.90. The van der Waals surface area contributed by atoms with Crippen molar-refractivity contribution in [2.24, 2.45) is 5.73 Å². The maximum Gasteiger partial charge on any atom is 0.241 e. The smallest absolute Gasteiger partial charge is 0.241 e. The van der Waals surface area contributed by atoms with Gasteiger partial charge >= 0.3 is 0 Å². The van der Waals surface area contributed by atoms with E-state index >= 15 is 0 Å². The molecule has 0 heterocycles. The largest absolute Gasteiger partial charge is 0.491 e. The van der Waals surface area contributed by atoms with Crippen molar-refractivity contribution < 1.29 is 9.53 Å². The topological polar surface area (TPSA) is 78.3 Å². The Morgan fingerprint density at radius 1 is 1.50 bits per heavy atom. The molecule has 1 aromatic rings. The van der Waals surface area contributed by atoms with E-state index in [-0.39, 0.29) is 0 Å². The molecular formula is C12H16N2O2. The Balaban J connectivity index is 2.78. The van der Waals surface area contributed by atoms with Crippen LogP contribution in [0.4, 0.5) is 5.69 Å². The number of nitrogen functional groups attached to an aromatic ring is 1. The molecule has 16 heavy (non-hydrogen) atoms. The van der Waals surface area contributed by atoms with Crippen molar-refractivity contribution in [2.75, 3.05) is 12.3 Å². The third-order valence-corrected chi connectivity index (χ3v) is 1.94. The predicted octanol–water partition coefficient (Wildman–Crippen LogP) is 1.56. The summed E-state index contributed by atoms with van der Waals surface area (Å²) < 4.78 is 5.43. The molecule has 4 nitrogen and oxygen atoms in total. The Morgan fingerprint density at radius 3 is 2.81 bits per heavy atom. The Labute approximate surface area is 94.9 Å². The average molecular weight is 220 g/mol. The molecule has 0 fully saturated rings. The fourth-order valence-corrected chi connectivity index (χ4v) is 1.19. The molecular weight excluding hydrogens is 204 g/mol. The van der Waals surface area contributed by atoms with E-state index in [2.05, 4.69) is 0 Å². The van der Waals surface area contributed by atoms with Crippen molar-refractivity contribution in [1.82, 2.24) is 0 Å². The number of hydrogen-bond donors (Lipinski definition) is 2. The van der Waals surface area contributed by atoms with Gasteiger partial charge in [0.2, 0.25) is 5.91 Å². The summed E-state index contributed by atoms with van der Waals surface area (Å²) in [6.07, 6.45) is 3.84. The molecule has 0 bridgehead atoms. The van der Waals surface area contributed by atoms with E-state index in [1.165, 1.54) is 6.08 Å². The number of amides is 1. The Hall–Kier alpha value is -1.97. The maximum atomic E-state index is 10.5. The van der Waals surface area contributed by atoms with Crippen LogP contribution in [0.15, 0.2) is 24.3 Å². The SMILES string of the molecule is CCCOc1ccc(/C=C\C(N)=O)cc1N. The lowest BCUT2D eigenvalue weighted by Crippen LogP contribution is -2.05. The summed E-state index contributed by atoms with van der Waals surface area (Å²) in [7, 11) is 0. The van der Waals surface area contributed by atoms with E-state index < -0.39 is 5.91 Å². The average Bonchev–Trinajstić information content (AvgIpc) is 2.25. The highest BCUT2D eigenvalue weighted by atomic mass is 16.5. The van der Waals surface area contributed by atoms with E-state index in [1.807, 2.05) is 13.0 Å². The lowest BCUT2D eigenvalue weighted by atomic mass is 10.1. The first-order chi connectivity index (χ1) is 7.63. The highest BCUT2D eigenvalue weighted by Gasteiger charge is 2.00. The van der Waals surface area contributed by atoms with Gasteiger partial charge in [-0.2, -0.15) is 0 Å². The van der Waals surface area contributed by atoms with Gasteiger partial charge in [0.05, 0.1) is 12.3 Å². The molecule has 0 aromatic heterocycles. The van der Waals surface area contributed by atoms with Crippen LogP contribution >= 0.6 is 0 Å². The van der Waals surface area contributed by atoms with Crippen molar-refractivity contribution in [3.05, 3.63) is 29.8 Å². The van der Waals surface area contributed by atoms with Gasteiger partial charge in [-0.25, -0.2) is 0 Å². The molecule has 0 saturated carbocycles. The summed E-state index contributed by atoms with van der Waals surface area (Å²) in [5.74, 6) is 0.183. The predicted molar refractivity (Wildman–Crippen MR) is 64.9 cm³/mol. The van der Waals surface area contributed by atoms with Crippen LogP contribution in [-0.4, -0.2) is 12.5 Å². The summed E-state index contributed by atoms with van der Waals surface area (Å²) in [6, 6.07) is 5.34. The van der Waals surface area contributed by atoms with E-state index in [4.69, 9.17) is 16.2 Å². The molecule has 0 aliphatic carbocycles. The van der Waals surface area contributed by atoms with Crippen molar-refractivity contribution >= 4 is 17.7 Å². The summed E-state index contributed by atoms with van der Waals surface area (Å²) in [5.41, 5.74) is 12.2. The number of primary amides is 1. The number of hydrogen-bond acceptors (Lipinski definition) is 3. The normalized spacial score (nSPS) is 10.6. The molecule has 86 valence electrons. The fourth-order valence-electron chi connectivity index (χ4n) is 1.19. The monoisotopic (exact) mass is 220 g/mol. The highest BCUT2D eigenvalue weighted by Crippen LogP contribution is 2.23. The minimum absolute atomic E-state index is 0.482. The number of carbonyl (C=O) groups excluding carboxylic acids is 1. The van der Waals surface area contributed by atoms with Crippen molar-refractivity contribution in [1.29, 1.82) is 0 Å². The van der Waals surface area contributed by atoms with Crippen LogP contribution in [0.1, 0.15) is 18.9 Å². The zero-order valence-corrected chi connectivity index (χ0v) is 9.27. The standard InChI is InChI=1S/C12H16N2O2/c1-2-7-16-11-5-3-9(8-10(11)13)4-6-12(14)15/h3-6,8H,2,7,13H2,1H3,(H2,14,15)/b6-4-. The van der Waals surface area contributed by atoms with Gasteiger partial charge in [-0.1, -0.05) is 13.0 Å².